The highest BCUT2D eigenvalue weighted by Crippen LogP contribution is 2.50. The zero-order valence-electron chi connectivity index (χ0n) is 15.0. The van der Waals surface area contributed by atoms with E-state index in [0.717, 1.165) is 0 Å². The molecule has 0 fully saturated rings. The van der Waals surface area contributed by atoms with Gasteiger partial charge in [0.2, 0.25) is 17.2 Å². The van der Waals surface area contributed by atoms with Crippen molar-refractivity contribution in [3.05, 3.63) is 29.3 Å². The summed E-state index contributed by atoms with van der Waals surface area (Å²) in [7, 11) is -0.0364. The summed E-state index contributed by atoms with van der Waals surface area (Å²) >= 11 is 6.24. The van der Waals surface area contributed by atoms with Crippen molar-refractivity contribution in [3.63, 3.8) is 0 Å². The Bertz CT molecular complexity index is 736. The predicted molar refractivity (Wildman–Crippen MR) is 101 cm³/mol. The minimum Gasteiger partial charge on any atom is -0.419 e. The third kappa shape index (κ3) is 4.64. The second-order valence-electron chi connectivity index (χ2n) is 5.69. The van der Waals surface area contributed by atoms with Gasteiger partial charge in [0.05, 0.1) is 23.8 Å². The largest absolute Gasteiger partial charge is 0.419 e. The number of anilines is 1. The van der Waals surface area contributed by atoms with Crippen molar-refractivity contribution in [2.45, 2.75) is 26.7 Å². The molecule has 0 saturated heterocycles. The Hall–Kier alpha value is -1.33. The van der Waals surface area contributed by atoms with E-state index in [-0.39, 0.29) is 11.3 Å². The van der Waals surface area contributed by atoms with Gasteiger partial charge in [0.25, 0.3) is 0 Å². The molecule has 0 spiro atoms. The van der Waals surface area contributed by atoms with E-state index in [2.05, 4.69) is 4.98 Å². The molecule has 0 aliphatic rings. The second kappa shape index (κ2) is 8.86. The monoisotopic (exact) mass is 386 g/mol. The van der Waals surface area contributed by atoms with Gasteiger partial charge in [-0.3, -0.25) is 4.57 Å². The molecule has 0 N–H and O–H groups in total. The number of hydrogen-bond acceptors (Lipinski definition) is 6. The van der Waals surface area contributed by atoms with Crippen molar-refractivity contribution >= 4 is 30.5 Å². The fourth-order valence-electron chi connectivity index (χ4n) is 2.11. The summed E-state index contributed by atoms with van der Waals surface area (Å²) in [6, 6.07) is 7.20. The summed E-state index contributed by atoms with van der Waals surface area (Å²) < 4.78 is 30.4. The average molecular weight is 387 g/mol. The molecule has 0 amide bonds. The minimum absolute atomic E-state index is 0.175. The second-order valence-corrected chi connectivity index (χ2v) is 8.03. The van der Waals surface area contributed by atoms with Gasteiger partial charge < -0.3 is 18.4 Å². The maximum atomic E-state index is 13.4. The molecule has 0 radical (unpaired) electrons. The standard InChI is InChI=1S/C17H24ClN2O4P/c1-5-11-22-25(21,23-12-6-2)16-17(20(3)4)24-15(19-16)13-9-7-8-10-14(13)18/h7-10H,5-6,11-12H2,1-4H3. The summed E-state index contributed by atoms with van der Waals surface area (Å²) in [5, 5.41) is 0.499. The SMILES string of the molecule is CCCOP(=O)(OCCC)c1nc(-c2ccccc2Cl)oc1N(C)C. The highest BCUT2D eigenvalue weighted by Gasteiger charge is 2.37. The van der Waals surface area contributed by atoms with Crippen LogP contribution >= 0.6 is 19.2 Å². The molecular weight excluding hydrogens is 363 g/mol. The number of benzene rings is 1. The molecule has 1 aromatic heterocycles. The lowest BCUT2D eigenvalue weighted by atomic mass is 10.2. The molecule has 0 saturated carbocycles. The Balaban J connectivity index is 2.53. The molecule has 0 aliphatic carbocycles. The van der Waals surface area contributed by atoms with Gasteiger partial charge in [0.1, 0.15) is 0 Å². The van der Waals surface area contributed by atoms with E-state index in [9.17, 15) is 4.57 Å². The van der Waals surface area contributed by atoms with E-state index in [0.29, 0.717) is 42.5 Å². The maximum Gasteiger partial charge on any atom is 0.385 e. The van der Waals surface area contributed by atoms with Gasteiger partial charge in [-0.05, 0) is 25.0 Å². The quantitative estimate of drug-likeness (QED) is 0.580. The molecule has 8 heteroatoms. The van der Waals surface area contributed by atoms with Gasteiger partial charge in [0.15, 0.2) is 0 Å². The van der Waals surface area contributed by atoms with Gasteiger partial charge in [0, 0.05) is 14.1 Å². The van der Waals surface area contributed by atoms with Gasteiger partial charge in [-0.15, -0.1) is 0 Å². The van der Waals surface area contributed by atoms with Crippen LogP contribution in [0.2, 0.25) is 5.02 Å². The van der Waals surface area contributed by atoms with Crippen LogP contribution in [0.5, 0.6) is 0 Å². The van der Waals surface area contributed by atoms with Crippen LogP contribution in [0.4, 0.5) is 5.88 Å². The van der Waals surface area contributed by atoms with Crippen LogP contribution < -0.4 is 10.3 Å². The maximum absolute atomic E-state index is 13.4. The highest BCUT2D eigenvalue weighted by molar-refractivity contribution is 7.62. The summed E-state index contributed by atoms with van der Waals surface area (Å²) in [5.74, 6) is 0.621. The van der Waals surface area contributed by atoms with Gasteiger partial charge in [-0.1, -0.05) is 37.6 Å². The van der Waals surface area contributed by atoms with Crippen LogP contribution in [0, 0.1) is 0 Å². The van der Waals surface area contributed by atoms with Crippen LogP contribution in [0.25, 0.3) is 11.5 Å². The van der Waals surface area contributed by atoms with E-state index >= 15 is 0 Å². The molecule has 6 nitrogen and oxygen atoms in total. The zero-order chi connectivity index (χ0) is 18.4. The Morgan fingerprint density at radius 1 is 1.16 bits per heavy atom. The lowest BCUT2D eigenvalue weighted by Crippen LogP contribution is -2.21. The fourth-order valence-corrected chi connectivity index (χ4v) is 4.18. The van der Waals surface area contributed by atoms with Gasteiger partial charge in [-0.25, -0.2) is 0 Å². The highest BCUT2D eigenvalue weighted by atomic mass is 35.5. The molecule has 0 bridgehead atoms. The van der Waals surface area contributed by atoms with Crippen LogP contribution in [0.15, 0.2) is 28.7 Å². The fraction of sp³-hybridized carbons (Fsp3) is 0.471. The van der Waals surface area contributed by atoms with Crippen molar-refractivity contribution < 1.29 is 18.0 Å². The molecule has 0 aliphatic heterocycles. The number of halogens is 1. The van der Waals surface area contributed by atoms with Crippen LogP contribution in [-0.4, -0.2) is 32.3 Å². The van der Waals surface area contributed by atoms with Crippen molar-refractivity contribution in [3.8, 4) is 11.5 Å². The topological polar surface area (TPSA) is 64.8 Å². The molecular formula is C17H24ClN2O4P. The Morgan fingerprint density at radius 3 is 2.28 bits per heavy atom. The van der Waals surface area contributed by atoms with Crippen LogP contribution in [0.1, 0.15) is 26.7 Å². The lowest BCUT2D eigenvalue weighted by molar-refractivity contribution is 0.213. The summed E-state index contributed by atoms with van der Waals surface area (Å²) in [5.41, 5.74) is 0.797. The number of oxazole rings is 1. The third-order valence-electron chi connectivity index (χ3n) is 3.29. The molecule has 1 aromatic carbocycles. The first-order chi connectivity index (χ1) is 11.9. The Labute approximate surface area is 153 Å². The van der Waals surface area contributed by atoms with E-state index in [1.54, 1.807) is 31.1 Å². The molecule has 1 heterocycles. The Morgan fingerprint density at radius 2 is 1.76 bits per heavy atom. The lowest BCUT2D eigenvalue weighted by Gasteiger charge is -2.18. The summed E-state index contributed by atoms with van der Waals surface area (Å²) in [6.07, 6.45) is 1.43. The summed E-state index contributed by atoms with van der Waals surface area (Å²) in [4.78, 5) is 6.13. The third-order valence-corrected chi connectivity index (χ3v) is 5.48. The Kier molecular flexibility index (Phi) is 7.08. The van der Waals surface area contributed by atoms with Crippen molar-refractivity contribution in [2.75, 3.05) is 32.2 Å². The van der Waals surface area contributed by atoms with E-state index in [1.807, 2.05) is 26.0 Å². The first kappa shape index (κ1) is 20.0. The smallest absolute Gasteiger partial charge is 0.385 e. The van der Waals surface area contributed by atoms with E-state index in [4.69, 9.17) is 25.1 Å². The summed E-state index contributed by atoms with van der Waals surface area (Å²) in [6.45, 7) is 4.49. The first-order valence-electron chi connectivity index (χ1n) is 8.25. The van der Waals surface area contributed by atoms with Crippen molar-refractivity contribution in [2.24, 2.45) is 0 Å². The van der Waals surface area contributed by atoms with Gasteiger partial charge >= 0.3 is 7.60 Å². The molecule has 25 heavy (non-hydrogen) atoms. The first-order valence-corrected chi connectivity index (χ1v) is 10.2. The van der Waals surface area contributed by atoms with Crippen LogP contribution in [-0.2, 0) is 13.6 Å². The zero-order valence-corrected chi connectivity index (χ0v) is 16.6. The van der Waals surface area contributed by atoms with Crippen molar-refractivity contribution in [1.29, 1.82) is 0 Å². The van der Waals surface area contributed by atoms with E-state index in [1.165, 1.54) is 0 Å². The number of rotatable bonds is 9. The molecule has 0 atom stereocenters. The van der Waals surface area contributed by atoms with Crippen LogP contribution in [0.3, 0.4) is 0 Å². The molecule has 2 rings (SSSR count). The number of aromatic nitrogens is 1. The number of nitrogens with zero attached hydrogens (tertiary/aromatic N) is 2. The molecule has 0 unspecified atom stereocenters. The van der Waals surface area contributed by atoms with Gasteiger partial charge in [-0.2, -0.15) is 4.98 Å². The predicted octanol–water partition coefficient (Wildman–Crippen LogP) is 4.73. The molecule has 2 aromatic rings. The minimum atomic E-state index is -3.60. The molecule has 138 valence electrons. The number of hydrogen-bond donors (Lipinski definition) is 0. The normalized spacial score (nSPS) is 11.7. The average Bonchev–Trinajstić information content (AvgIpc) is 3.05. The van der Waals surface area contributed by atoms with E-state index < -0.39 is 7.60 Å². The van der Waals surface area contributed by atoms with Crippen molar-refractivity contribution in [1.82, 2.24) is 4.98 Å².